The Balaban J connectivity index is 0.000000321. The molecule has 218 valence electrons. The van der Waals surface area contributed by atoms with Gasteiger partial charge in [0.25, 0.3) is 0 Å². The predicted octanol–water partition coefficient (Wildman–Crippen LogP) is 3.65. The summed E-state index contributed by atoms with van der Waals surface area (Å²) in [5, 5.41) is 5.34. The minimum atomic E-state index is -0.585. The molecule has 1 amide bonds. The lowest BCUT2D eigenvalue weighted by molar-refractivity contribution is -0.135. The molecule has 6 N–H and O–H groups in total. The first kappa shape index (κ1) is 28.8. The maximum atomic E-state index is 13.3. The summed E-state index contributed by atoms with van der Waals surface area (Å²) in [6.45, 7) is 3.11. The van der Waals surface area contributed by atoms with Crippen LogP contribution in [0.2, 0.25) is 0 Å². The van der Waals surface area contributed by atoms with Gasteiger partial charge < -0.3 is 30.9 Å². The van der Waals surface area contributed by atoms with Crippen molar-refractivity contribution >= 4 is 29.0 Å². The first-order valence-electron chi connectivity index (χ1n) is 14.7. The molecule has 2 unspecified atom stereocenters. The van der Waals surface area contributed by atoms with Gasteiger partial charge in [-0.15, -0.1) is 5.10 Å². The number of ether oxygens (including phenoxy) is 1. The summed E-state index contributed by atoms with van der Waals surface area (Å²) >= 11 is 0. The topological polar surface area (TPSA) is 139 Å². The quantitative estimate of drug-likeness (QED) is 0.341. The number of hydrazone groups is 1. The van der Waals surface area contributed by atoms with E-state index in [0.29, 0.717) is 37.4 Å². The van der Waals surface area contributed by atoms with Gasteiger partial charge in [0, 0.05) is 55.0 Å². The normalized spacial score (nSPS) is 26.7. The summed E-state index contributed by atoms with van der Waals surface area (Å²) in [5.41, 5.74) is 18.6. The standard InChI is InChI=1S/C25H29N5O2.C7H13NO/c1-16-28-29-24(32-16)21-15-30(12-11-19(21)17-7-3-2-4-8-17)25(31)22(26)13-18-14-27-23-10-6-5-9-20(18)23;8-7-3-1-6(5-9)2-4-7/h2-10,14,19,21-22,24,27,29H,11-13,15,26H2,1H3;5-7H,1-4,8H2/t19-,21?,22-,24?;/m1./s1. The lowest BCUT2D eigenvalue weighted by Gasteiger charge is -2.41. The highest BCUT2D eigenvalue weighted by molar-refractivity contribution is 5.86. The summed E-state index contributed by atoms with van der Waals surface area (Å²) < 4.78 is 5.94. The number of amides is 1. The first-order chi connectivity index (χ1) is 19.9. The van der Waals surface area contributed by atoms with Crippen molar-refractivity contribution in [1.29, 1.82) is 0 Å². The van der Waals surface area contributed by atoms with Crippen molar-refractivity contribution in [2.45, 2.75) is 69.7 Å². The number of aromatic nitrogens is 1. The van der Waals surface area contributed by atoms with Crippen LogP contribution in [0.25, 0.3) is 10.9 Å². The smallest absolute Gasteiger partial charge is 0.239 e. The molecule has 9 heteroatoms. The fourth-order valence-corrected chi connectivity index (χ4v) is 6.32. The van der Waals surface area contributed by atoms with Crippen LogP contribution >= 0.6 is 0 Å². The minimum Gasteiger partial charge on any atom is -0.454 e. The summed E-state index contributed by atoms with van der Waals surface area (Å²) in [7, 11) is 0. The van der Waals surface area contributed by atoms with Gasteiger partial charge in [0.05, 0.1) is 6.04 Å². The number of piperidine rings is 1. The number of fused-ring (bicyclic) bond motifs is 1. The van der Waals surface area contributed by atoms with E-state index in [4.69, 9.17) is 16.2 Å². The lowest BCUT2D eigenvalue weighted by Crippen LogP contribution is -2.53. The second-order valence-corrected chi connectivity index (χ2v) is 11.5. The second-order valence-electron chi connectivity index (χ2n) is 11.5. The Kier molecular flexibility index (Phi) is 9.36. The van der Waals surface area contributed by atoms with Crippen LogP contribution in [0.5, 0.6) is 0 Å². The number of benzene rings is 2. The summed E-state index contributed by atoms with van der Waals surface area (Å²) in [5.74, 6) is 1.29. The number of nitrogens with two attached hydrogens (primary N) is 2. The fraction of sp³-hybridized carbons (Fsp3) is 0.469. The first-order valence-corrected chi connectivity index (χ1v) is 14.7. The predicted molar refractivity (Wildman–Crippen MR) is 161 cm³/mol. The van der Waals surface area contributed by atoms with E-state index < -0.39 is 6.04 Å². The molecule has 1 saturated carbocycles. The Bertz CT molecular complexity index is 1330. The zero-order chi connectivity index (χ0) is 28.8. The highest BCUT2D eigenvalue weighted by Crippen LogP contribution is 2.36. The number of aromatic amines is 1. The number of aldehydes is 1. The van der Waals surface area contributed by atoms with Gasteiger partial charge in [0.2, 0.25) is 11.8 Å². The average molecular weight is 559 g/mol. The SMILES string of the molecule is CC1=NNC(C2CN(C(=O)[C@H](N)Cc3c[nH]c4ccccc34)CC[C@@H]2c2ccccc2)O1.NC1CCC(C=O)CC1. The van der Waals surface area contributed by atoms with Crippen molar-refractivity contribution in [3.8, 4) is 0 Å². The molecule has 3 aromatic rings. The van der Waals surface area contributed by atoms with Crippen LogP contribution in [0, 0.1) is 11.8 Å². The van der Waals surface area contributed by atoms with Gasteiger partial charge in [-0.25, -0.2) is 0 Å². The molecular formula is C32H42N6O3. The van der Waals surface area contributed by atoms with E-state index in [1.54, 1.807) is 0 Å². The molecule has 41 heavy (non-hydrogen) atoms. The third kappa shape index (κ3) is 6.97. The summed E-state index contributed by atoms with van der Waals surface area (Å²) in [6, 6.07) is 18.3. The van der Waals surface area contributed by atoms with Crippen LogP contribution in [0.1, 0.15) is 56.1 Å². The Morgan fingerprint density at radius 1 is 1.10 bits per heavy atom. The van der Waals surface area contributed by atoms with E-state index in [2.05, 4.69) is 45.8 Å². The molecule has 0 bridgehead atoms. The molecular weight excluding hydrogens is 516 g/mol. The highest BCUT2D eigenvalue weighted by atomic mass is 16.5. The molecule has 6 rings (SSSR count). The van der Waals surface area contributed by atoms with Crippen LogP contribution in [0.15, 0.2) is 65.9 Å². The van der Waals surface area contributed by atoms with Crippen molar-refractivity contribution in [3.05, 3.63) is 71.9 Å². The van der Waals surface area contributed by atoms with Gasteiger partial charge >= 0.3 is 0 Å². The van der Waals surface area contributed by atoms with E-state index in [9.17, 15) is 9.59 Å². The summed E-state index contributed by atoms with van der Waals surface area (Å²) in [6.07, 6.45) is 8.21. The number of para-hydroxylation sites is 1. The molecule has 3 heterocycles. The largest absolute Gasteiger partial charge is 0.454 e. The van der Waals surface area contributed by atoms with E-state index in [1.807, 2.05) is 42.3 Å². The van der Waals surface area contributed by atoms with Gasteiger partial charge in [-0.2, -0.15) is 0 Å². The Morgan fingerprint density at radius 2 is 1.83 bits per heavy atom. The second kappa shape index (κ2) is 13.3. The van der Waals surface area contributed by atoms with Crippen LogP contribution in [-0.4, -0.2) is 59.4 Å². The Labute approximate surface area is 241 Å². The molecule has 2 aliphatic heterocycles. The van der Waals surface area contributed by atoms with E-state index in [-0.39, 0.29) is 24.0 Å². The maximum absolute atomic E-state index is 13.3. The molecule has 0 spiro atoms. The van der Waals surface area contributed by atoms with Gasteiger partial charge in [-0.3, -0.25) is 10.2 Å². The molecule has 1 aliphatic carbocycles. The number of carbonyl (C=O) groups is 2. The van der Waals surface area contributed by atoms with Crippen molar-refractivity contribution in [2.24, 2.45) is 28.4 Å². The zero-order valence-corrected chi connectivity index (χ0v) is 23.7. The van der Waals surface area contributed by atoms with Crippen molar-refractivity contribution in [1.82, 2.24) is 15.3 Å². The Hall–Kier alpha value is -3.69. The van der Waals surface area contributed by atoms with Gasteiger partial charge in [0.15, 0.2) is 6.23 Å². The third-order valence-electron chi connectivity index (χ3n) is 8.67. The number of nitrogens with zero attached hydrogens (tertiary/aromatic N) is 2. The Morgan fingerprint density at radius 3 is 2.54 bits per heavy atom. The van der Waals surface area contributed by atoms with Crippen LogP contribution in [-0.2, 0) is 20.7 Å². The molecule has 2 aromatic carbocycles. The molecule has 1 saturated heterocycles. The van der Waals surface area contributed by atoms with E-state index in [0.717, 1.165) is 54.9 Å². The van der Waals surface area contributed by atoms with Crippen molar-refractivity contribution in [3.63, 3.8) is 0 Å². The third-order valence-corrected chi connectivity index (χ3v) is 8.67. The average Bonchev–Trinajstić information content (AvgIpc) is 3.64. The number of hydrogen-bond donors (Lipinski definition) is 4. The van der Waals surface area contributed by atoms with Crippen LogP contribution in [0.3, 0.4) is 0 Å². The molecule has 4 atom stereocenters. The molecule has 0 radical (unpaired) electrons. The highest BCUT2D eigenvalue weighted by Gasteiger charge is 2.40. The van der Waals surface area contributed by atoms with Crippen LogP contribution < -0.4 is 16.9 Å². The number of carbonyl (C=O) groups excluding carboxylic acids is 2. The molecule has 2 fully saturated rings. The van der Waals surface area contributed by atoms with E-state index in [1.165, 1.54) is 5.56 Å². The number of likely N-dealkylation sites (tertiary alicyclic amines) is 1. The molecule has 9 nitrogen and oxygen atoms in total. The minimum absolute atomic E-state index is 0.0116. The monoisotopic (exact) mass is 558 g/mol. The number of nitrogens with one attached hydrogen (secondary N) is 2. The zero-order valence-electron chi connectivity index (χ0n) is 23.7. The molecule has 1 aromatic heterocycles. The fourth-order valence-electron chi connectivity index (χ4n) is 6.32. The van der Waals surface area contributed by atoms with Crippen LogP contribution in [0.4, 0.5) is 0 Å². The summed E-state index contributed by atoms with van der Waals surface area (Å²) in [4.78, 5) is 28.7. The van der Waals surface area contributed by atoms with Gasteiger partial charge in [-0.1, -0.05) is 48.5 Å². The van der Waals surface area contributed by atoms with Gasteiger partial charge in [0.1, 0.15) is 6.29 Å². The van der Waals surface area contributed by atoms with Gasteiger partial charge in [-0.05, 0) is 61.6 Å². The number of hydrogen-bond acceptors (Lipinski definition) is 7. The maximum Gasteiger partial charge on any atom is 0.239 e. The molecule has 3 aliphatic rings. The lowest BCUT2D eigenvalue weighted by atomic mass is 9.79. The van der Waals surface area contributed by atoms with Crippen molar-refractivity contribution < 1.29 is 14.3 Å². The van der Waals surface area contributed by atoms with Crippen molar-refractivity contribution in [2.75, 3.05) is 13.1 Å². The number of H-pyrrole nitrogens is 1. The van der Waals surface area contributed by atoms with E-state index >= 15 is 0 Å². The number of rotatable bonds is 6.